The van der Waals surface area contributed by atoms with E-state index >= 15 is 0 Å². The highest BCUT2D eigenvalue weighted by molar-refractivity contribution is 4.92. The van der Waals surface area contributed by atoms with Crippen molar-refractivity contribution < 1.29 is 0 Å². The molecule has 78 valence electrons. The first kappa shape index (κ1) is 12.7. The van der Waals surface area contributed by atoms with E-state index in [9.17, 15) is 0 Å². The van der Waals surface area contributed by atoms with Crippen LogP contribution in [0.2, 0.25) is 0 Å². The summed E-state index contributed by atoms with van der Waals surface area (Å²) in [6.45, 7) is 8.57. The average Bonchev–Trinajstić information content (AvgIpc) is 2.11. The molecule has 0 rings (SSSR count). The molecule has 0 aliphatic heterocycles. The van der Waals surface area contributed by atoms with Crippen LogP contribution in [-0.4, -0.2) is 0 Å². The van der Waals surface area contributed by atoms with Crippen molar-refractivity contribution in [2.24, 2.45) is 0 Å². The Kier molecular flexibility index (Phi) is 9.63. The number of unbranched alkanes of at least 4 members (excludes halogenated alkanes) is 5. The van der Waals surface area contributed by atoms with Gasteiger partial charge in [0.1, 0.15) is 0 Å². The summed E-state index contributed by atoms with van der Waals surface area (Å²) in [6, 6.07) is 0. The topological polar surface area (TPSA) is 0 Å². The molecule has 0 saturated heterocycles. The molecular weight excluding hydrogens is 156 g/mol. The summed E-state index contributed by atoms with van der Waals surface area (Å²) in [5.41, 5.74) is 1.46. The quantitative estimate of drug-likeness (QED) is 0.344. The Morgan fingerprint density at radius 2 is 1.38 bits per heavy atom. The van der Waals surface area contributed by atoms with E-state index in [0.717, 1.165) is 0 Å². The van der Waals surface area contributed by atoms with Gasteiger partial charge < -0.3 is 0 Å². The lowest BCUT2D eigenvalue weighted by atomic mass is 10.0. The van der Waals surface area contributed by atoms with Gasteiger partial charge in [-0.25, -0.2) is 0 Å². The van der Waals surface area contributed by atoms with Crippen LogP contribution in [0.25, 0.3) is 0 Å². The van der Waals surface area contributed by atoms with Crippen LogP contribution in [0, 0.1) is 0 Å². The summed E-state index contributed by atoms with van der Waals surface area (Å²) in [5, 5.41) is 0. The molecule has 0 spiro atoms. The minimum absolute atomic E-state index is 1.23. The molecule has 0 nitrogen and oxygen atoms in total. The fraction of sp³-hybridized carbons (Fsp3) is 0.846. The molecule has 0 unspecified atom stereocenters. The van der Waals surface area contributed by atoms with Crippen molar-refractivity contribution in [3.63, 3.8) is 0 Å². The van der Waals surface area contributed by atoms with Gasteiger partial charge in [-0.2, -0.15) is 0 Å². The molecule has 0 aromatic carbocycles. The Balaban J connectivity index is 3.02. The van der Waals surface area contributed by atoms with Gasteiger partial charge in [0.2, 0.25) is 0 Å². The smallest absolute Gasteiger partial charge is 0.0323 e. The summed E-state index contributed by atoms with van der Waals surface area (Å²) < 4.78 is 0. The largest absolute Gasteiger partial charge is 0.0999 e. The lowest BCUT2D eigenvalue weighted by molar-refractivity contribution is 0.602. The zero-order valence-corrected chi connectivity index (χ0v) is 9.57. The fourth-order valence-electron chi connectivity index (χ4n) is 1.63. The zero-order chi connectivity index (χ0) is 9.94. The van der Waals surface area contributed by atoms with E-state index < -0.39 is 0 Å². The Morgan fingerprint density at radius 3 is 2.00 bits per heavy atom. The van der Waals surface area contributed by atoms with Crippen molar-refractivity contribution in [1.82, 2.24) is 0 Å². The van der Waals surface area contributed by atoms with Crippen molar-refractivity contribution in [3.05, 3.63) is 12.2 Å². The Hall–Kier alpha value is -0.260. The van der Waals surface area contributed by atoms with E-state index in [1.54, 1.807) is 0 Å². The Morgan fingerprint density at radius 1 is 0.769 bits per heavy atom. The van der Waals surface area contributed by atoms with Crippen LogP contribution in [0.1, 0.15) is 71.6 Å². The first-order chi connectivity index (χ1) is 6.31. The van der Waals surface area contributed by atoms with Crippen LogP contribution in [0.15, 0.2) is 12.2 Å². The van der Waals surface area contributed by atoms with Crippen molar-refractivity contribution in [1.29, 1.82) is 0 Å². The number of hydrogen-bond acceptors (Lipinski definition) is 0. The van der Waals surface area contributed by atoms with E-state index in [1.165, 1.54) is 63.4 Å². The molecule has 0 amide bonds. The average molecular weight is 182 g/mol. The molecule has 0 fully saturated rings. The van der Waals surface area contributed by atoms with E-state index in [1.807, 2.05) is 0 Å². The molecule has 0 N–H and O–H groups in total. The van der Waals surface area contributed by atoms with Crippen LogP contribution in [-0.2, 0) is 0 Å². The van der Waals surface area contributed by atoms with Crippen molar-refractivity contribution in [3.8, 4) is 0 Å². The molecule has 0 aromatic heterocycles. The summed E-state index contributed by atoms with van der Waals surface area (Å²) in [4.78, 5) is 0. The van der Waals surface area contributed by atoms with Gasteiger partial charge in [-0.1, -0.05) is 64.5 Å². The Bertz CT molecular complexity index is 113. The third-order valence-corrected chi connectivity index (χ3v) is 2.49. The first-order valence-electron chi connectivity index (χ1n) is 5.97. The molecule has 0 radical (unpaired) electrons. The highest BCUT2D eigenvalue weighted by atomic mass is 14.0. The summed E-state index contributed by atoms with van der Waals surface area (Å²) >= 11 is 0. The second-order valence-corrected chi connectivity index (χ2v) is 4.02. The van der Waals surface area contributed by atoms with Gasteiger partial charge in [-0.3, -0.25) is 0 Å². The standard InChI is InChI=1S/C13H26/c1-4-6-7-8-9-10-12-13(3)11-5-2/h3-12H2,1-2H3. The predicted molar refractivity (Wildman–Crippen MR) is 62.0 cm³/mol. The summed E-state index contributed by atoms with van der Waals surface area (Å²) in [7, 11) is 0. The SMILES string of the molecule is C=C(CCC)CCCCCCCC. The van der Waals surface area contributed by atoms with Crippen LogP contribution < -0.4 is 0 Å². The summed E-state index contributed by atoms with van der Waals surface area (Å²) in [5.74, 6) is 0. The van der Waals surface area contributed by atoms with Crippen LogP contribution in [0.3, 0.4) is 0 Å². The third-order valence-electron chi connectivity index (χ3n) is 2.49. The van der Waals surface area contributed by atoms with Crippen LogP contribution >= 0.6 is 0 Å². The molecule has 0 bridgehead atoms. The van der Waals surface area contributed by atoms with Gasteiger partial charge in [0.15, 0.2) is 0 Å². The van der Waals surface area contributed by atoms with Gasteiger partial charge in [-0.15, -0.1) is 0 Å². The van der Waals surface area contributed by atoms with Crippen molar-refractivity contribution >= 4 is 0 Å². The van der Waals surface area contributed by atoms with Crippen LogP contribution in [0.4, 0.5) is 0 Å². The number of rotatable bonds is 9. The van der Waals surface area contributed by atoms with E-state index in [0.29, 0.717) is 0 Å². The predicted octanol–water partition coefficient (Wildman–Crippen LogP) is 5.09. The Labute approximate surface area is 84.4 Å². The molecular formula is C13H26. The molecule has 0 heteroatoms. The highest BCUT2D eigenvalue weighted by Gasteiger charge is 1.93. The lowest BCUT2D eigenvalue weighted by Gasteiger charge is -2.03. The van der Waals surface area contributed by atoms with Crippen LogP contribution in [0.5, 0.6) is 0 Å². The molecule has 0 aromatic rings. The van der Waals surface area contributed by atoms with Gasteiger partial charge in [0.25, 0.3) is 0 Å². The minimum atomic E-state index is 1.23. The maximum atomic E-state index is 4.08. The number of hydrogen-bond donors (Lipinski definition) is 0. The molecule has 13 heavy (non-hydrogen) atoms. The van der Waals surface area contributed by atoms with Gasteiger partial charge in [0, 0.05) is 0 Å². The van der Waals surface area contributed by atoms with E-state index in [2.05, 4.69) is 20.4 Å². The second-order valence-electron chi connectivity index (χ2n) is 4.02. The van der Waals surface area contributed by atoms with E-state index in [-0.39, 0.29) is 0 Å². The third kappa shape index (κ3) is 9.66. The van der Waals surface area contributed by atoms with Crippen molar-refractivity contribution in [2.45, 2.75) is 71.6 Å². The lowest BCUT2D eigenvalue weighted by Crippen LogP contribution is -1.83. The van der Waals surface area contributed by atoms with Gasteiger partial charge >= 0.3 is 0 Å². The first-order valence-corrected chi connectivity index (χ1v) is 5.97. The molecule has 0 saturated carbocycles. The van der Waals surface area contributed by atoms with Crippen molar-refractivity contribution in [2.75, 3.05) is 0 Å². The van der Waals surface area contributed by atoms with Gasteiger partial charge in [0.05, 0.1) is 0 Å². The summed E-state index contributed by atoms with van der Waals surface area (Å²) in [6.07, 6.45) is 12.1. The number of allylic oxidation sites excluding steroid dienone is 1. The molecule has 0 aliphatic carbocycles. The van der Waals surface area contributed by atoms with Gasteiger partial charge in [-0.05, 0) is 19.3 Å². The molecule has 0 aliphatic rings. The van der Waals surface area contributed by atoms with E-state index in [4.69, 9.17) is 0 Å². The maximum absolute atomic E-state index is 4.08. The highest BCUT2D eigenvalue weighted by Crippen LogP contribution is 2.13. The monoisotopic (exact) mass is 182 g/mol. The maximum Gasteiger partial charge on any atom is -0.0323 e. The normalized spacial score (nSPS) is 10.3. The zero-order valence-electron chi connectivity index (χ0n) is 9.57. The fourth-order valence-corrected chi connectivity index (χ4v) is 1.63. The molecule has 0 heterocycles. The molecule has 0 atom stereocenters. The minimum Gasteiger partial charge on any atom is -0.0999 e. The second kappa shape index (κ2) is 9.83.